The Hall–Kier alpha value is -4.32. The second kappa shape index (κ2) is 9.74. The quantitative estimate of drug-likeness (QED) is 0.291. The molecule has 1 amide bonds. The number of aliphatic hydroxyl groups is 1. The predicted octanol–water partition coefficient (Wildman–Crippen LogP) is 5.40. The van der Waals surface area contributed by atoms with Crippen LogP contribution < -0.4 is 20.1 Å². The van der Waals surface area contributed by atoms with Gasteiger partial charge in [-0.2, -0.15) is 0 Å². The number of hydrogen-bond donors (Lipinski definition) is 3. The summed E-state index contributed by atoms with van der Waals surface area (Å²) in [5, 5.41) is 26.0. The Kier molecular flexibility index (Phi) is 6.71. The molecule has 0 aromatic heterocycles. The van der Waals surface area contributed by atoms with E-state index in [4.69, 9.17) is 9.84 Å². The average Bonchev–Trinajstić information content (AvgIpc) is 2.95. The average molecular weight is 503 g/mol. The molecule has 3 aromatic rings. The second-order valence-electron chi connectivity index (χ2n) is 7.86. The summed E-state index contributed by atoms with van der Waals surface area (Å²) in [5.41, 5.74) is 2.23. The maximum Gasteiger partial charge on any atom is 0.573 e. The van der Waals surface area contributed by atoms with Crippen molar-refractivity contribution in [2.24, 2.45) is 0 Å². The molecular weight excluding hydrogens is 483 g/mol. The van der Waals surface area contributed by atoms with Crippen LogP contribution in [0.2, 0.25) is 0 Å². The van der Waals surface area contributed by atoms with E-state index in [9.17, 15) is 28.1 Å². The molecule has 4 rings (SSSR count). The maximum absolute atomic E-state index is 13.0. The third kappa shape index (κ3) is 5.18. The number of aliphatic hydroxyl groups excluding tert-OH is 1. The summed E-state index contributed by atoms with van der Waals surface area (Å²) in [4.78, 5) is 23.5. The number of nitrogens with zero attached hydrogens (tertiary/aromatic N) is 1. The molecule has 0 saturated carbocycles. The molecule has 0 unspecified atom stereocenters. The van der Waals surface area contributed by atoms with Gasteiger partial charge >= 0.3 is 12.0 Å². The highest BCUT2D eigenvalue weighted by atomic mass is 19.4. The van der Waals surface area contributed by atoms with Gasteiger partial charge in [0.15, 0.2) is 5.75 Å². The number of benzene rings is 3. The first kappa shape index (κ1) is 24.8. The lowest BCUT2D eigenvalue weighted by molar-refractivity contribution is -0.385. The number of carbonyl (C=O) groups is 1. The zero-order valence-corrected chi connectivity index (χ0v) is 18.8. The van der Waals surface area contributed by atoms with E-state index < -0.39 is 22.9 Å². The van der Waals surface area contributed by atoms with Crippen LogP contribution in [0.15, 0.2) is 48.5 Å². The van der Waals surface area contributed by atoms with Crippen molar-refractivity contribution in [3.05, 3.63) is 69.8 Å². The van der Waals surface area contributed by atoms with Crippen molar-refractivity contribution in [2.45, 2.75) is 19.2 Å². The lowest BCUT2D eigenvalue weighted by atomic mass is 10.0. The summed E-state index contributed by atoms with van der Waals surface area (Å²) in [7, 11) is 1.32. The number of rotatable bonds is 7. The molecule has 1 aliphatic heterocycles. The molecule has 3 N–H and O–H groups in total. The van der Waals surface area contributed by atoms with Crippen LogP contribution in [0.25, 0.3) is 11.1 Å². The third-order valence-corrected chi connectivity index (χ3v) is 5.52. The fourth-order valence-corrected chi connectivity index (χ4v) is 3.88. The Morgan fingerprint density at radius 2 is 1.67 bits per heavy atom. The molecule has 9 nitrogen and oxygen atoms in total. The number of ether oxygens (including phenoxy) is 2. The van der Waals surface area contributed by atoms with Gasteiger partial charge in [0.25, 0.3) is 5.91 Å². The van der Waals surface area contributed by atoms with Gasteiger partial charge < -0.3 is 25.2 Å². The minimum Gasteiger partial charge on any atom is -0.490 e. The topological polar surface area (TPSA) is 123 Å². The summed E-state index contributed by atoms with van der Waals surface area (Å²) in [6.45, 7) is -0.225. The van der Waals surface area contributed by atoms with Crippen molar-refractivity contribution in [1.29, 1.82) is 0 Å². The largest absolute Gasteiger partial charge is 0.573 e. The number of nitro groups is 1. The zero-order chi connectivity index (χ0) is 26.0. The molecule has 36 heavy (non-hydrogen) atoms. The Bertz CT molecular complexity index is 1340. The van der Waals surface area contributed by atoms with E-state index in [1.807, 2.05) is 0 Å². The van der Waals surface area contributed by atoms with E-state index in [0.29, 0.717) is 22.5 Å². The van der Waals surface area contributed by atoms with Gasteiger partial charge in [0.2, 0.25) is 0 Å². The van der Waals surface area contributed by atoms with Gasteiger partial charge in [-0.1, -0.05) is 6.07 Å². The minimum atomic E-state index is -4.94. The van der Waals surface area contributed by atoms with Crippen molar-refractivity contribution in [3.63, 3.8) is 0 Å². The highest BCUT2D eigenvalue weighted by Crippen LogP contribution is 2.40. The number of alkyl halides is 3. The van der Waals surface area contributed by atoms with Crippen LogP contribution in [-0.4, -0.2) is 36.0 Å². The van der Waals surface area contributed by atoms with Gasteiger partial charge in [-0.15, -0.1) is 13.2 Å². The van der Waals surface area contributed by atoms with Gasteiger partial charge in [0.05, 0.1) is 34.7 Å². The van der Waals surface area contributed by atoms with Crippen molar-refractivity contribution in [2.75, 3.05) is 24.4 Å². The molecule has 0 aliphatic carbocycles. The molecule has 1 heterocycles. The number of aryl methyl sites for hydroxylation is 1. The lowest BCUT2D eigenvalue weighted by Crippen LogP contribution is -2.19. The minimum absolute atomic E-state index is 0.0641. The number of nitro benzene ring substituents is 1. The molecule has 188 valence electrons. The van der Waals surface area contributed by atoms with Gasteiger partial charge in [-0.3, -0.25) is 14.9 Å². The fraction of sp³-hybridized carbons (Fsp3) is 0.208. The number of methoxy groups -OCH3 is 1. The molecule has 0 bridgehead atoms. The molecular formula is C24H20F3N3O6. The predicted molar refractivity (Wildman–Crippen MR) is 125 cm³/mol. The van der Waals surface area contributed by atoms with Crippen molar-refractivity contribution in [1.82, 2.24) is 0 Å². The highest BCUT2D eigenvalue weighted by Gasteiger charge is 2.33. The van der Waals surface area contributed by atoms with Crippen LogP contribution in [0.4, 0.5) is 35.9 Å². The molecule has 0 saturated heterocycles. The Morgan fingerprint density at radius 3 is 2.33 bits per heavy atom. The van der Waals surface area contributed by atoms with Gasteiger partial charge in [0.1, 0.15) is 5.75 Å². The number of nitrogens with one attached hydrogen (secondary N) is 2. The SMILES string of the molecule is COc1cc(-c2ccc3c(c2)Nc2cc(CCCO)c(OC(F)(F)F)cc2NC3=O)ccc1[N+](=O)[O-]. The summed E-state index contributed by atoms with van der Waals surface area (Å²) in [5.74, 6) is -0.958. The highest BCUT2D eigenvalue weighted by molar-refractivity contribution is 6.12. The molecule has 0 spiro atoms. The van der Waals surface area contributed by atoms with Crippen molar-refractivity contribution in [3.8, 4) is 22.6 Å². The molecule has 0 radical (unpaired) electrons. The first-order valence-corrected chi connectivity index (χ1v) is 10.7. The van der Waals surface area contributed by atoms with Gasteiger partial charge in [-0.05, 0) is 59.9 Å². The summed E-state index contributed by atoms with van der Waals surface area (Å²) in [6, 6.07) is 11.7. The summed E-state index contributed by atoms with van der Waals surface area (Å²) in [6.07, 6.45) is -4.61. The van der Waals surface area contributed by atoms with E-state index in [0.717, 1.165) is 6.07 Å². The number of hydrogen-bond acceptors (Lipinski definition) is 7. The van der Waals surface area contributed by atoms with Crippen LogP contribution in [0.5, 0.6) is 11.5 Å². The van der Waals surface area contributed by atoms with E-state index >= 15 is 0 Å². The molecule has 12 heteroatoms. The summed E-state index contributed by atoms with van der Waals surface area (Å²) >= 11 is 0. The zero-order valence-electron chi connectivity index (χ0n) is 18.8. The second-order valence-corrected chi connectivity index (χ2v) is 7.86. The van der Waals surface area contributed by atoms with Crippen molar-refractivity contribution < 1.29 is 37.5 Å². The van der Waals surface area contributed by atoms with E-state index in [1.165, 1.54) is 31.4 Å². The van der Waals surface area contributed by atoms with E-state index in [1.54, 1.807) is 18.2 Å². The van der Waals surface area contributed by atoms with Crippen molar-refractivity contribution >= 4 is 28.7 Å². The normalized spacial score (nSPS) is 12.5. The number of halogens is 3. The van der Waals surface area contributed by atoms with Crippen LogP contribution in [-0.2, 0) is 6.42 Å². The first-order chi connectivity index (χ1) is 17.1. The third-order valence-electron chi connectivity index (χ3n) is 5.52. The number of carbonyl (C=O) groups excluding carboxylic acids is 1. The van der Waals surface area contributed by atoms with Crippen LogP contribution >= 0.6 is 0 Å². The van der Waals surface area contributed by atoms with Crippen LogP contribution in [0.3, 0.4) is 0 Å². The fourth-order valence-electron chi connectivity index (χ4n) is 3.88. The molecule has 1 aliphatic rings. The van der Waals surface area contributed by atoms with Crippen LogP contribution in [0.1, 0.15) is 22.3 Å². The smallest absolute Gasteiger partial charge is 0.490 e. The van der Waals surface area contributed by atoms with E-state index in [2.05, 4.69) is 15.4 Å². The monoisotopic (exact) mass is 503 g/mol. The molecule has 0 atom stereocenters. The lowest BCUT2D eigenvalue weighted by Gasteiger charge is -2.17. The van der Waals surface area contributed by atoms with Crippen LogP contribution in [0, 0.1) is 10.1 Å². The first-order valence-electron chi connectivity index (χ1n) is 10.7. The summed E-state index contributed by atoms with van der Waals surface area (Å²) < 4.78 is 48.1. The molecule has 0 fully saturated rings. The number of anilines is 3. The Balaban J connectivity index is 1.76. The Morgan fingerprint density at radius 1 is 0.972 bits per heavy atom. The van der Waals surface area contributed by atoms with Gasteiger partial charge in [-0.25, -0.2) is 0 Å². The Labute approximate surface area is 202 Å². The van der Waals surface area contributed by atoms with Gasteiger partial charge in [0, 0.05) is 18.7 Å². The van der Waals surface area contributed by atoms with E-state index in [-0.39, 0.29) is 47.7 Å². The maximum atomic E-state index is 13.0. The number of fused-ring (bicyclic) bond motifs is 2. The number of amides is 1. The standard InChI is InChI=1S/C24H20F3N3O6/c1-35-22-11-14(5-7-20(22)30(33)34)13-4-6-16-17(9-13)28-18-10-15(3-2-8-31)21(36-24(25,26)27)12-19(18)29-23(16)32/h4-7,9-12,28,31H,2-3,8H2,1H3,(H,29,32). The molecule has 3 aromatic carbocycles.